The van der Waals surface area contributed by atoms with Crippen LogP contribution in [0.5, 0.6) is 0 Å². The van der Waals surface area contributed by atoms with Crippen LogP contribution in [0, 0.1) is 0 Å². The highest BCUT2D eigenvalue weighted by atomic mass is 16.1. The number of aromatic amines is 1. The average molecular weight is 279 g/mol. The number of rotatable bonds is 3. The number of hydrogen-bond donors (Lipinski definition) is 2. The fourth-order valence-corrected chi connectivity index (χ4v) is 2.23. The molecule has 21 heavy (non-hydrogen) atoms. The molecule has 0 fully saturated rings. The third-order valence-electron chi connectivity index (χ3n) is 3.34. The van der Waals surface area contributed by atoms with Crippen molar-refractivity contribution in [2.24, 2.45) is 5.73 Å². The molecule has 3 N–H and O–H groups in total. The molecule has 5 heteroatoms. The van der Waals surface area contributed by atoms with Gasteiger partial charge in [-0.3, -0.25) is 9.59 Å². The Kier molecular flexibility index (Phi) is 3.02. The number of primary amides is 1. The molecule has 2 aromatic carbocycles. The van der Waals surface area contributed by atoms with Gasteiger partial charge in [-0.15, -0.1) is 0 Å². The largest absolute Gasteiger partial charge is 0.366 e. The maximum Gasteiger partial charge on any atom is 0.250 e. The normalized spacial score (nSPS) is 10.7. The molecule has 5 nitrogen and oxygen atoms in total. The fourth-order valence-electron chi connectivity index (χ4n) is 2.23. The molecular weight excluding hydrogens is 266 g/mol. The van der Waals surface area contributed by atoms with Crippen molar-refractivity contribution < 1.29 is 9.59 Å². The molecule has 1 heterocycles. The van der Waals surface area contributed by atoms with Crippen molar-refractivity contribution in [2.45, 2.75) is 6.92 Å². The van der Waals surface area contributed by atoms with Gasteiger partial charge in [-0.1, -0.05) is 30.3 Å². The molecule has 0 aliphatic rings. The van der Waals surface area contributed by atoms with E-state index in [1.165, 1.54) is 6.92 Å². The summed E-state index contributed by atoms with van der Waals surface area (Å²) in [4.78, 5) is 30.3. The van der Waals surface area contributed by atoms with Crippen molar-refractivity contribution in [3.05, 3.63) is 53.6 Å². The van der Waals surface area contributed by atoms with Gasteiger partial charge in [-0.05, 0) is 19.1 Å². The highest BCUT2D eigenvalue weighted by Gasteiger charge is 2.12. The summed E-state index contributed by atoms with van der Waals surface area (Å²) in [6, 6.07) is 12.4. The Labute approximate surface area is 120 Å². The summed E-state index contributed by atoms with van der Waals surface area (Å²) in [5.41, 5.74) is 8.52. The summed E-state index contributed by atoms with van der Waals surface area (Å²) >= 11 is 0. The smallest absolute Gasteiger partial charge is 0.250 e. The van der Waals surface area contributed by atoms with Gasteiger partial charge >= 0.3 is 0 Å². The van der Waals surface area contributed by atoms with Gasteiger partial charge in [0.25, 0.3) is 5.91 Å². The quantitative estimate of drug-likeness (QED) is 0.722. The average Bonchev–Trinajstić information content (AvgIpc) is 2.90. The lowest BCUT2D eigenvalue weighted by molar-refractivity contribution is 0.0997. The Morgan fingerprint density at radius 1 is 1.10 bits per heavy atom. The van der Waals surface area contributed by atoms with E-state index in [9.17, 15) is 9.59 Å². The number of hydrogen-bond acceptors (Lipinski definition) is 3. The Hall–Kier alpha value is -2.95. The Bertz CT molecular complexity index is 848. The summed E-state index contributed by atoms with van der Waals surface area (Å²) in [6.45, 7) is 1.52. The zero-order chi connectivity index (χ0) is 15.0. The summed E-state index contributed by atoms with van der Waals surface area (Å²) < 4.78 is 0. The Morgan fingerprint density at radius 2 is 1.81 bits per heavy atom. The van der Waals surface area contributed by atoms with Crippen molar-refractivity contribution in [2.75, 3.05) is 0 Å². The van der Waals surface area contributed by atoms with Crippen LogP contribution < -0.4 is 5.73 Å². The van der Waals surface area contributed by atoms with E-state index in [2.05, 4.69) is 9.97 Å². The van der Waals surface area contributed by atoms with E-state index in [0.717, 1.165) is 11.1 Å². The first-order valence-corrected chi connectivity index (χ1v) is 6.46. The van der Waals surface area contributed by atoms with Crippen molar-refractivity contribution in [3.63, 3.8) is 0 Å². The fraction of sp³-hybridized carbons (Fsp3) is 0.0625. The van der Waals surface area contributed by atoms with Crippen LogP contribution in [0.15, 0.2) is 42.5 Å². The number of carbonyl (C=O) groups excluding carboxylic acids is 2. The monoisotopic (exact) mass is 279 g/mol. The number of para-hydroxylation sites is 1. The van der Waals surface area contributed by atoms with Crippen molar-refractivity contribution in [3.8, 4) is 11.4 Å². The summed E-state index contributed by atoms with van der Waals surface area (Å²) in [5.74, 6) is 0.140. The molecular formula is C16H13N3O2. The molecule has 0 saturated carbocycles. The number of nitrogens with one attached hydrogen (secondary N) is 1. The second-order valence-electron chi connectivity index (χ2n) is 4.78. The van der Waals surface area contributed by atoms with Crippen LogP contribution in [0.4, 0.5) is 0 Å². The minimum atomic E-state index is -0.509. The molecule has 104 valence electrons. The molecule has 0 spiro atoms. The van der Waals surface area contributed by atoms with Gasteiger partial charge in [0.15, 0.2) is 5.78 Å². The van der Waals surface area contributed by atoms with E-state index in [1.54, 1.807) is 24.3 Å². The second kappa shape index (κ2) is 4.86. The lowest BCUT2D eigenvalue weighted by Crippen LogP contribution is -2.11. The number of H-pyrrole nitrogens is 1. The topological polar surface area (TPSA) is 88.8 Å². The minimum absolute atomic E-state index is 0.0159. The molecule has 0 aliphatic carbocycles. The molecule has 0 aliphatic heterocycles. The van der Waals surface area contributed by atoms with Crippen LogP contribution in [-0.4, -0.2) is 21.7 Å². The van der Waals surface area contributed by atoms with E-state index < -0.39 is 5.91 Å². The lowest BCUT2D eigenvalue weighted by atomic mass is 10.1. The first kappa shape index (κ1) is 13.1. The van der Waals surface area contributed by atoms with Gasteiger partial charge in [0, 0.05) is 11.1 Å². The third kappa shape index (κ3) is 2.29. The van der Waals surface area contributed by atoms with Gasteiger partial charge in [0.05, 0.1) is 11.1 Å². The molecule has 0 saturated heterocycles. The molecule has 3 rings (SSSR count). The number of benzene rings is 2. The number of nitrogens with zero attached hydrogens (tertiary/aromatic N) is 1. The maximum absolute atomic E-state index is 11.4. The standard InChI is InChI=1S/C16H13N3O2/c1-9(20)10-5-7-11(8-6-10)16-18-13-4-2-3-12(15(17)21)14(13)19-16/h2-8H,1H3,(H2,17,21)(H,18,19). The van der Waals surface area contributed by atoms with E-state index in [1.807, 2.05) is 18.2 Å². The first-order valence-electron chi connectivity index (χ1n) is 6.46. The summed E-state index contributed by atoms with van der Waals surface area (Å²) in [5, 5.41) is 0. The van der Waals surface area contributed by atoms with E-state index >= 15 is 0 Å². The van der Waals surface area contributed by atoms with E-state index in [-0.39, 0.29) is 5.78 Å². The van der Waals surface area contributed by atoms with Crippen LogP contribution in [0.2, 0.25) is 0 Å². The number of Topliss-reactive ketones (excluding diaryl/α,β-unsaturated/α-hetero) is 1. The maximum atomic E-state index is 11.4. The second-order valence-corrected chi connectivity index (χ2v) is 4.78. The number of nitrogens with two attached hydrogens (primary N) is 1. The third-order valence-corrected chi connectivity index (χ3v) is 3.34. The van der Waals surface area contributed by atoms with Gasteiger partial charge < -0.3 is 10.7 Å². The predicted molar refractivity (Wildman–Crippen MR) is 80.1 cm³/mol. The number of amides is 1. The number of carbonyl (C=O) groups is 2. The number of imidazole rings is 1. The van der Waals surface area contributed by atoms with E-state index in [0.29, 0.717) is 22.5 Å². The van der Waals surface area contributed by atoms with Crippen molar-refractivity contribution >= 4 is 22.7 Å². The van der Waals surface area contributed by atoms with Crippen LogP contribution >= 0.6 is 0 Å². The molecule has 0 unspecified atom stereocenters. The van der Waals surface area contributed by atoms with E-state index in [4.69, 9.17) is 5.73 Å². The number of aromatic nitrogens is 2. The van der Waals surface area contributed by atoms with Crippen LogP contribution in [0.1, 0.15) is 27.6 Å². The minimum Gasteiger partial charge on any atom is -0.366 e. The summed E-state index contributed by atoms with van der Waals surface area (Å²) in [7, 11) is 0. The van der Waals surface area contributed by atoms with Gasteiger partial charge in [-0.2, -0.15) is 0 Å². The molecule has 0 atom stereocenters. The van der Waals surface area contributed by atoms with Crippen LogP contribution in [-0.2, 0) is 0 Å². The molecule has 1 amide bonds. The Morgan fingerprint density at radius 3 is 2.43 bits per heavy atom. The molecule has 1 aromatic heterocycles. The van der Waals surface area contributed by atoms with Gasteiger partial charge in [0.1, 0.15) is 11.3 Å². The zero-order valence-electron chi connectivity index (χ0n) is 11.4. The van der Waals surface area contributed by atoms with Gasteiger partial charge in [0.2, 0.25) is 0 Å². The molecule has 0 radical (unpaired) electrons. The summed E-state index contributed by atoms with van der Waals surface area (Å²) in [6.07, 6.45) is 0. The molecule has 3 aromatic rings. The highest BCUT2D eigenvalue weighted by molar-refractivity contribution is 6.04. The van der Waals surface area contributed by atoms with Crippen molar-refractivity contribution in [1.82, 2.24) is 9.97 Å². The Balaban J connectivity index is 2.11. The highest BCUT2D eigenvalue weighted by Crippen LogP contribution is 2.23. The van der Waals surface area contributed by atoms with Crippen LogP contribution in [0.25, 0.3) is 22.4 Å². The zero-order valence-corrected chi connectivity index (χ0v) is 11.4. The lowest BCUT2D eigenvalue weighted by Gasteiger charge is -1.98. The number of ketones is 1. The first-order chi connectivity index (χ1) is 10.1. The molecule has 0 bridgehead atoms. The SMILES string of the molecule is CC(=O)c1ccc(-c2nc3c(C(N)=O)cccc3[nH]2)cc1. The van der Waals surface area contributed by atoms with Crippen molar-refractivity contribution in [1.29, 1.82) is 0 Å². The van der Waals surface area contributed by atoms with Crippen LogP contribution in [0.3, 0.4) is 0 Å². The predicted octanol–water partition coefficient (Wildman–Crippen LogP) is 2.53. The number of fused-ring (bicyclic) bond motifs is 1. The van der Waals surface area contributed by atoms with Gasteiger partial charge in [-0.25, -0.2) is 4.98 Å².